The molecule has 98 valence electrons. The van der Waals surface area contributed by atoms with Gasteiger partial charge in [0.05, 0.1) is 5.92 Å². The maximum Gasteiger partial charge on any atom is 0.311 e. The summed E-state index contributed by atoms with van der Waals surface area (Å²) in [5.74, 6) is -2.13. The predicted molar refractivity (Wildman–Crippen MR) is 74.6 cm³/mol. The van der Waals surface area contributed by atoms with Gasteiger partial charge in [-0.1, -0.05) is 46.3 Å². The highest BCUT2D eigenvalue weighted by Gasteiger charge is 2.21. The molecule has 0 amide bonds. The molecule has 0 aliphatic heterocycles. The standard InChI is InChI=1S/C15H12BrFO2/c16-14-7-2-1-4-11(14)9-13(15(18)19)10-5-3-6-12(17)8-10/h1-8,13H,9H2,(H,18,19). The van der Waals surface area contributed by atoms with E-state index in [9.17, 15) is 14.3 Å². The van der Waals surface area contributed by atoms with E-state index in [-0.39, 0.29) is 0 Å². The number of benzene rings is 2. The van der Waals surface area contributed by atoms with Crippen LogP contribution in [0.1, 0.15) is 17.0 Å². The van der Waals surface area contributed by atoms with Gasteiger partial charge in [0.2, 0.25) is 0 Å². The Morgan fingerprint density at radius 3 is 2.58 bits per heavy atom. The minimum absolute atomic E-state index is 0.320. The van der Waals surface area contributed by atoms with Gasteiger partial charge >= 0.3 is 5.97 Å². The number of rotatable bonds is 4. The summed E-state index contributed by atoms with van der Waals surface area (Å²) in [5, 5.41) is 9.33. The molecule has 0 aliphatic carbocycles. The summed E-state index contributed by atoms with van der Waals surface area (Å²) < 4.78 is 14.1. The fourth-order valence-corrected chi connectivity index (χ4v) is 2.40. The fraction of sp³-hybridized carbons (Fsp3) is 0.133. The second-order valence-corrected chi connectivity index (χ2v) is 5.10. The molecule has 1 unspecified atom stereocenters. The molecule has 0 saturated carbocycles. The van der Waals surface area contributed by atoms with E-state index in [2.05, 4.69) is 15.9 Å². The predicted octanol–water partition coefficient (Wildman–Crippen LogP) is 4.00. The number of halogens is 2. The Morgan fingerprint density at radius 1 is 1.21 bits per heavy atom. The Morgan fingerprint density at radius 2 is 1.95 bits per heavy atom. The maximum absolute atomic E-state index is 13.2. The second kappa shape index (κ2) is 5.97. The lowest BCUT2D eigenvalue weighted by Crippen LogP contribution is -2.15. The highest BCUT2D eigenvalue weighted by Crippen LogP contribution is 2.26. The van der Waals surface area contributed by atoms with Crippen molar-refractivity contribution >= 4 is 21.9 Å². The topological polar surface area (TPSA) is 37.3 Å². The zero-order valence-electron chi connectivity index (χ0n) is 10.0. The lowest BCUT2D eigenvalue weighted by Gasteiger charge is -2.14. The summed E-state index contributed by atoms with van der Waals surface area (Å²) in [6.45, 7) is 0. The smallest absolute Gasteiger partial charge is 0.311 e. The van der Waals surface area contributed by atoms with E-state index in [4.69, 9.17) is 0 Å². The third kappa shape index (κ3) is 3.41. The molecular formula is C15H12BrFO2. The Balaban J connectivity index is 2.32. The van der Waals surface area contributed by atoms with Crippen molar-refractivity contribution in [3.05, 3.63) is 69.9 Å². The Kier molecular flexibility index (Phi) is 4.32. The van der Waals surface area contributed by atoms with Crippen LogP contribution < -0.4 is 0 Å². The van der Waals surface area contributed by atoms with Gasteiger partial charge in [-0.25, -0.2) is 4.39 Å². The van der Waals surface area contributed by atoms with Crippen LogP contribution in [0.25, 0.3) is 0 Å². The Hall–Kier alpha value is -1.68. The van der Waals surface area contributed by atoms with Gasteiger partial charge in [0, 0.05) is 4.47 Å². The van der Waals surface area contributed by atoms with Gasteiger partial charge in [0.25, 0.3) is 0 Å². The SMILES string of the molecule is O=C(O)C(Cc1ccccc1Br)c1cccc(F)c1. The van der Waals surface area contributed by atoms with E-state index >= 15 is 0 Å². The molecule has 0 aromatic heterocycles. The quantitative estimate of drug-likeness (QED) is 0.923. The van der Waals surface area contributed by atoms with Crippen molar-refractivity contribution in [1.29, 1.82) is 0 Å². The first kappa shape index (κ1) is 13.7. The van der Waals surface area contributed by atoms with Crippen LogP contribution in [0.2, 0.25) is 0 Å². The molecule has 2 nitrogen and oxygen atoms in total. The van der Waals surface area contributed by atoms with Crippen LogP contribution in [-0.4, -0.2) is 11.1 Å². The van der Waals surface area contributed by atoms with Crippen molar-refractivity contribution in [2.45, 2.75) is 12.3 Å². The summed E-state index contributed by atoms with van der Waals surface area (Å²) in [5.41, 5.74) is 1.36. The average Bonchev–Trinajstić information content (AvgIpc) is 2.37. The van der Waals surface area contributed by atoms with E-state index in [1.165, 1.54) is 18.2 Å². The lowest BCUT2D eigenvalue weighted by atomic mass is 9.92. The summed E-state index contributed by atoms with van der Waals surface area (Å²) in [6.07, 6.45) is 0.320. The number of hydrogen-bond donors (Lipinski definition) is 1. The molecule has 2 aromatic rings. The molecule has 0 spiro atoms. The van der Waals surface area contributed by atoms with E-state index in [0.29, 0.717) is 12.0 Å². The van der Waals surface area contributed by atoms with Crippen LogP contribution in [0.15, 0.2) is 53.0 Å². The highest BCUT2D eigenvalue weighted by molar-refractivity contribution is 9.10. The first-order chi connectivity index (χ1) is 9.08. The van der Waals surface area contributed by atoms with Crippen LogP contribution in [0.5, 0.6) is 0 Å². The molecule has 19 heavy (non-hydrogen) atoms. The van der Waals surface area contributed by atoms with Gasteiger partial charge < -0.3 is 5.11 Å². The normalized spacial score (nSPS) is 12.1. The molecule has 1 atom stereocenters. The van der Waals surface area contributed by atoms with Crippen molar-refractivity contribution in [2.24, 2.45) is 0 Å². The van der Waals surface area contributed by atoms with Crippen molar-refractivity contribution in [3.8, 4) is 0 Å². The first-order valence-electron chi connectivity index (χ1n) is 5.79. The van der Waals surface area contributed by atoms with Gasteiger partial charge in [-0.3, -0.25) is 4.79 Å². The third-order valence-electron chi connectivity index (χ3n) is 2.93. The number of hydrogen-bond acceptors (Lipinski definition) is 1. The van der Waals surface area contributed by atoms with E-state index in [1.54, 1.807) is 6.07 Å². The van der Waals surface area contributed by atoms with Crippen LogP contribution >= 0.6 is 15.9 Å². The first-order valence-corrected chi connectivity index (χ1v) is 6.59. The molecule has 2 aromatic carbocycles. The number of aliphatic carboxylic acids is 1. The molecule has 0 fully saturated rings. The number of carbonyl (C=O) groups is 1. The maximum atomic E-state index is 13.2. The summed E-state index contributed by atoms with van der Waals surface area (Å²) >= 11 is 3.39. The summed E-state index contributed by atoms with van der Waals surface area (Å²) in [7, 11) is 0. The van der Waals surface area contributed by atoms with Crippen LogP contribution in [0.4, 0.5) is 4.39 Å². The Bertz CT molecular complexity index is 598. The minimum atomic E-state index is -0.957. The summed E-state index contributed by atoms with van der Waals surface area (Å²) in [6, 6.07) is 13.2. The van der Waals surface area contributed by atoms with Gasteiger partial charge in [-0.15, -0.1) is 0 Å². The van der Waals surface area contributed by atoms with Gasteiger partial charge in [-0.05, 0) is 35.7 Å². The Labute approximate surface area is 119 Å². The monoisotopic (exact) mass is 322 g/mol. The van der Waals surface area contributed by atoms with Crippen molar-refractivity contribution in [3.63, 3.8) is 0 Å². The molecule has 0 saturated heterocycles. The molecular weight excluding hydrogens is 311 g/mol. The van der Waals surface area contributed by atoms with E-state index in [1.807, 2.05) is 24.3 Å². The molecule has 4 heteroatoms. The molecule has 0 aliphatic rings. The minimum Gasteiger partial charge on any atom is -0.481 e. The lowest BCUT2D eigenvalue weighted by molar-refractivity contribution is -0.138. The van der Waals surface area contributed by atoms with Crippen molar-refractivity contribution in [1.82, 2.24) is 0 Å². The molecule has 0 bridgehead atoms. The molecule has 0 heterocycles. The van der Waals surface area contributed by atoms with Gasteiger partial charge in [0.15, 0.2) is 0 Å². The third-order valence-corrected chi connectivity index (χ3v) is 3.70. The van der Waals surface area contributed by atoms with Crippen LogP contribution in [0.3, 0.4) is 0 Å². The average molecular weight is 323 g/mol. The fourth-order valence-electron chi connectivity index (χ4n) is 1.95. The van der Waals surface area contributed by atoms with E-state index < -0.39 is 17.7 Å². The molecule has 0 radical (unpaired) electrons. The zero-order chi connectivity index (χ0) is 13.8. The number of carboxylic acid groups (broad SMARTS) is 1. The largest absolute Gasteiger partial charge is 0.481 e. The second-order valence-electron chi connectivity index (χ2n) is 4.24. The number of carboxylic acids is 1. The summed E-state index contributed by atoms with van der Waals surface area (Å²) in [4.78, 5) is 11.4. The van der Waals surface area contributed by atoms with Gasteiger partial charge in [0.1, 0.15) is 5.82 Å². The van der Waals surface area contributed by atoms with Gasteiger partial charge in [-0.2, -0.15) is 0 Å². The van der Waals surface area contributed by atoms with Crippen molar-refractivity contribution < 1.29 is 14.3 Å². The van der Waals surface area contributed by atoms with E-state index in [0.717, 1.165) is 10.0 Å². The molecule has 1 N–H and O–H groups in total. The van der Waals surface area contributed by atoms with Crippen LogP contribution in [-0.2, 0) is 11.2 Å². The van der Waals surface area contributed by atoms with Crippen LogP contribution in [0, 0.1) is 5.82 Å². The van der Waals surface area contributed by atoms with Crippen molar-refractivity contribution in [2.75, 3.05) is 0 Å². The molecule has 2 rings (SSSR count). The highest BCUT2D eigenvalue weighted by atomic mass is 79.9. The zero-order valence-corrected chi connectivity index (χ0v) is 11.6.